The molecule has 1 saturated heterocycles. The molecule has 28 heavy (non-hydrogen) atoms. The number of aryl methyl sites for hydroxylation is 1. The highest BCUT2D eigenvalue weighted by molar-refractivity contribution is 7.89. The Hall–Kier alpha value is -1.68. The van der Waals surface area contributed by atoms with E-state index >= 15 is 0 Å². The number of nitrogens with zero attached hydrogens (tertiary/aromatic N) is 4. The Kier molecular flexibility index (Phi) is 6.59. The van der Waals surface area contributed by atoms with Crippen LogP contribution in [0.2, 0.25) is 0 Å². The summed E-state index contributed by atoms with van der Waals surface area (Å²) < 4.78 is 28.5. The van der Waals surface area contributed by atoms with Gasteiger partial charge in [0.15, 0.2) is 0 Å². The molecular weight excluding hydrogens is 396 g/mol. The fourth-order valence-electron chi connectivity index (χ4n) is 3.49. The molecule has 1 aliphatic rings. The second-order valence-corrected chi connectivity index (χ2v) is 9.88. The predicted molar refractivity (Wildman–Crippen MR) is 111 cm³/mol. The van der Waals surface area contributed by atoms with Crippen molar-refractivity contribution in [2.45, 2.75) is 25.3 Å². The minimum absolute atomic E-state index is 0.112. The Labute approximate surface area is 171 Å². The maximum atomic E-state index is 13.0. The van der Waals surface area contributed by atoms with Crippen LogP contribution in [0.25, 0.3) is 0 Å². The smallest absolute Gasteiger partial charge is 0.270 e. The third kappa shape index (κ3) is 4.32. The van der Waals surface area contributed by atoms with Crippen LogP contribution in [0.4, 0.5) is 0 Å². The van der Waals surface area contributed by atoms with Gasteiger partial charge in [0, 0.05) is 63.9 Å². The summed E-state index contributed by atoms with van der Waals surface area (Å²) in [5.74, 6) is -0.112. The van der Waals surface area contributed by atoms with Crippen molar-refractivity contribution in [3.63, 3.8) is 0 Å². The minimum Gasteiger partial charge on any atom is -0.345 e. The molecule has 154 valence electrons. The number of sulfonamides is 1. The van der Waals surface area contributed by atoms with Gasteiger partial charge in [-0.3, -0.25) is 9.69 Å². The van der Waals surface area contributed by atoms with Crippen LogP contribution in [0.3, 0.4) is 0 Å². The second kappa shape index (κ2) is 8.77. The Bertz CT molecular complexity index is 894. The maximum Gasteiger partial charge on any atom is 0.270 e. The van der Waals surface area contributed by atoms with Gasteiger partial charge in [-0.2, -0.15) is 4.31 Å². The number of carbonyl (C=O) groups is 1. The van der Waals surface area contributed by atoms with Gasteiger partial charge >= 0.3 is 0 Å². The van der Waals surface area contributed by atoms with Crippen LogP contribution in [0.1, 0.15) is 29.2 Å². The zero-order chi connectivity index (χ0) is 20.3. The molecule has 2 aromatic rings. The molecule has 0 aliphatic carbocycles. The van der Waals surface area contributed by atoms with Crippen LogP contribution >= 0.6 is 11.3 Å². The quantitative estimate of drug-likeness (QED) is 0.683. The summed E-state index contributed by atoms with van der Waals surface area (Å²) in [6, 6.07) is 5.69. The van der Waals surface area contributed by atoms with Gasteiger partial charge in [0.05, 0.1) is 0 Å². The van der Waals surface area contributed by atoms with Gasteiger partial charge in [-0.25, -0.2) is 8.42 Å². The molecule has 1 aliphatic heterocycles. The highest BCUT2D eigenvalue weighted by atomic mass is 32.2. The van der Waals surface area contributed by atoms with E-state index in [0.717, 1.165) is 19.6 Å². The lowest BCUT2D eigenvalue weighted by Gasteiger charge is -2.34. The summed E-state index contributed by atoms with van der Waals surface area (Å²) >= 11 is 1.75. The van der Waals surface area contributed by atoms with E-state index in [1.54, 1.807) is 23.0 Å². The summed E-state index contributed by atoms with van der Waals surface area (Å²) in [6.45, 7) is 8.28. The third-order valence-electron chi connectivity index (χ3n) is 5.16. The molecule has 7 nitrogen and oxygen atoms in total. The van der Waals surface area contributed by atoms with E-state index in [2.05, 4.69) is 22.4 Å². The van der Waals surface area contributed by atoms with Gasteiger partial charge in [0.2, 0.25) is 10.0 Å². The average Bonchev–Trinajstić information content (AvgIpc) is 3.32. The van der Waals surface area contributed by atoms with Crippen molar-refractivity contribution in [3.8, 4) is 0 Å². The van der Waals surface area contributed by atoms with Crippen LogP contribution in [0, 0.1) is 0 Å². The van der Waals surface area contributed by atoms with Gasteiger partial charge in [0.1, 0.15) is 10.6 Å². The molecule has 0 atom stereocenters. The number of hydrogen-bond donors (Lipinski definition) is 0. The van der Waals surface area contributed by atoms with Crippen LogP contribution < -0.4 is 0 Å². The number of piperazine rings is 1. The fourth-order valence-corrected chi connectivity index (χ4v) is 5.77. The van der Waals surface area contributed by atoms with Gasteiger partial charge in [0.25, 0.3) is 5.91 Å². The van der Waals surface area contributed by atoms with E-state index in [1.807, 2.05) is 18.7 Å². The van der Waals surface area contributed by atoms with E-state index in [9.17, 15) is 13.2 Å². The maximum absolute atomic E-state index is 13.0. The lowest BCUT2D eigenvalue weighted by Crippen LogP contribution is -2.48. The van der Waals surface area contributed by atoms with Gasteiger partial charge in [-0.15, -0.1) is 11.3 Å². The molecule has 1 fully saturated rings. The summed E-state index contributed by atoms with van der Waals surface area (Å²) in [5.41, 5.74) is 0.414. The second-order valence-electron chi connectivity index (χ2n) is 6.91. The Morgan fingerprint density at radius 1 is 1.18 bits per heavy atom. The van der Waals surface area contributed by atoms with Crippen molar-refractivity contribution in [1.82, 2.24) is 18.7 Å². The summed E-state index contributed by atoms with van der Waals surface area (Å²) in [5, 5.41) is 2.08. The topological polar surface area (TPSA) is 65.9 Å². The van der Waals surface area contributed by atoms with Gasteiger partial charge < -0.3 is 9.47 Å². The molecule has 2 aromatic heterocycles. The molecule has 0 N–H and O–H groups in total. The van der Waals surface area contributed by atoms with Gasteiger partial charge in [-0.1, -0.05) is 19.9 Å². The van der Waals surface area contributed by atoms with Crippen LogP contribution in [-0.2, 0) is 23.6 Å². The number of thiophene rings is 1. The molecule has 0 spiro atoms. The molecule has 3 rings (SSSR count). The standard InChI is InChI=1S/C19H28N4O3S2/c1-4-23(5-2)28(25,26)17-13-18(20(3)15-17)19(24)22-10-8-21(9-11-22)14-16-7-6-12-27-16/h6-7,12-13,15H,4-5,8-11,14H2,1-3H3. The summed E-state index contributed by atoms with van der Waals surface area (Å²) in [6.07, 6.45) is 1.54. The first-order chi connectivity index (χ1) is 13.4. The van der Waals surface area contributed by atoms with Gasteiger partial charge in [-0.05, 0) is 17.5 Å². The molecule has 0 saturated carbocycles. The van der Waals surface area contributed by atoms with Crippen molar-refractivity contribution in [1.29, 1.82) is 0 Å². The number of rotatable bonds is 7. The van der Waals surface area contributed by atoms with Crippen molar-refractivity contribution in [2.24, 2.45) is 7.05 Å². The lowest BCUT2D eigenvalue weighted by atomic mass is 10.2. The SMILES string of the molecule is CCN(CC)S(=O)(=O)c1cc(C(=O)N2CCN(Cc3cccs3)CC2)n(C)c1. The molecule has 3 heterocycles. The van der Waals surface area contributed by atoms with E-state index < -0.39 is 10.0 Å². The van der Waals surface area contributed by atoms with E-state index in [0.29, 0.717) is 31.9 Å². The monoisotopic (exact) mass is 424 g/mol. The molecule has 0 aromatic carbocycles. The highest BCUT2D eigenvalue weighted by Crippen LogP contribution is 2.20. The van der Waals surface area contributed by atoms with Crippen LogP contribution in [0.5, 0.6) is 0 Å². The van der Waals surface area contributed by atoms with E-state index in [-0.39, 0.29) is 10.8 Å². The number of amides is 1. The normalized spacial score (nSPS) is 16.1. The first kappa shape index (κ1) is 21.0. The summed E-state index contributed by atoms with van der Waals surface area (Å²) in [7, 11) is -1.85. The highest BCUT2D eigenvalue weighted by Gasteiger charge is 2.28. The summed E-state index contributed by atoms with van der Waals surface area (Å²) in [4.78, 5) is 18.6. The van der Waals surface area contributed by atoms with Crippen molar-refractivity contribution < 1.29 is 13.2 Å². The lowest BCUT2D eigenvalue weighted by molar-refractivity contribution is 0.0620. The van der Waals surface area contributed by atoms with Crippen molar-refractivity contribution in [2.75, 3.05) is 39.3 Å². The minimum atomic E-state index is -3.57. The molecule has 0 unspecified atom stereocenters. The Balaban J connectivity index is 1.68. The van der Waals surface area contributed by atoms with Crippen molar-refractivity contribution in [3.05, 3.63) is 40.3 Å². The molecule has 0 radical (unpaired) electrons. The first-order valence-electron chi connectivity index (χ1n) is 9.57. The largest absolute Gasteiger partial charge is 0.345 e. The first-order valence-corrected chi connectivity index (χ1v) is 11.9. The third-order valence-corrected chi connectivity index (χ3v) is 8.04. The fraction of sp³-hybridized carbons (Fsp3) is 0.526. The van der Waals surface area contributed by atoms with Crippen LogP contribution in [-0.4, -0.2) is 72.3 Å². The van der Waals surface area contributed by atoms with Crippen molar-refractivity contribution >= 4 is 27.3 Å². The predicted octanol–water partition coefficient (Wildman–Crippen LogP) is 2.08. The molecule has 1 amide bonds. The number of aromatic nitrogens is 1. The van der Waals surface area contributed by atoms with Crippen LogP contribution in [0.15, 0.2) is 34.7 Å². The molecule has 9 heteroatoms. The Morgan fingerprint density at radius 2 is 1.86 bits per heavy atom. The zero-order valence-electron chi connectivity index (χ0n) is 16.7. The van der Waals surface area contributed by atoms with E-state index in [1.165, 1.54) is 21.4 Å². The van der Waals surface area contributed by atoms with E-state index in [4.69, 9.17) is 0 Å². The number of hydrogen-bond acceptors (Lipinski definition) is 5. The molecule has 0 bridgehead atoms. The number of carbonyl (C=O) groups excluding carboxylic acids is 1. The zero-order valence-corrected chi connectivity index (χ0v) is 18.3. The average molecular weight is 425 g/mol. The molecular formula is C19H28N4O3S2. The Morgan fingerprint density at radius 3 is 2.43 bits per heavy atom.